The predicted molar refractivity (Wildman–Crippen MR) is 53.3 cm³/mol. The normalized spacial score (nSPS) is 9.57. The molecule has 0 unspecified atom stereocenters. The van der Waals surface area contributed by atoms with Gasteiger partial charge in [0.2, 0.25) is 0 Å². The fourth-order valence-corrected chi connectivity index (χ4v) is 1.13. The fourth-order valence-electron chi connectivity index (χ4n) is 1.13. The van der Waals surface area contributed by atoms with E-state index in [1.807, 2.05) is 6.92 Å². The molecule has 2 radical (unpaired) electrons. The molecule has 78 valence electrons. The summed E-state index contributed by atoms with van der Waals surface area (Å²) < 4.78 is 0. The molecule has 0 aromatic carbocycles. The largest absolute Gasteiger partial charge is 0.481 e. The number of carboxylic acids is 2. The predicted octanol–water partition coefficient (Wildman–Crippen LogP) is 1.36. The van der Waals surface area contributed by atoms with Crippen molar-refractivity contribution < 1.29 is 19.8 Å². The molecule has 2 N–H and O–H groups in total. The van der Waals surface area contributed by atoms with Crippen molar-refractivity contribution in [2.24, 2.45) is 5.92 Å². The van der Waals surface area contributed by atoms with Crippen LogP contribution in [0.4, 0.5) is 0 Å². The van der Waals surface area contributed by atoms with Crippen LogP contribution in [-0.2, 0) is 9.59 Å². The van der Waals surface area contributed by atoms with Crippen molar-refractivity contribution in [2.75, 3.05) is 0 Å². The number of hydrogen-bond acceptors (Lipinski definition) is 2. The Balaban J connectivity index is 0. The van der Waals surface area contributed by atoms with Crippen molar-refractivity contribution in [2.45, 2.75) is 39.0 Å². The molecule has 0 atom stereocenters. The van der Waals surface area contributed by atoms with E-state index < -0.39 is 17.9 Å². The molecule has 0 aromatic rings. The van der Waals surface area contributed by atoms with E-state index in [0.717, 1.165) is 19.3 Å². The summed E-state index contributed by atoms with van der Waals surface area (Å²) in [6.45, 7) is 2.05. The van der Waals surface area contributed by atoms with Crippen LogP contribution in [0.1, 0.15) is 39.0 Å². The van der Waals surface area contributed by atoms with Gasteiger partial charge in [0.05, 0.1) is 0 Å². The monoisotopic (exact) mass is 326 g/mol. The van der Waals surface area contributed by atoms with Crippen LogP contribution in [0.25, 0.3) is 0 Å². The number of carbonyl (C=O) groups is 2. The molecule has 0 fully saturated rings. The number of carboxylic acid groups (broad SMARTS) is 2. The molecule has 0 aliphatic heterocycles. The number of hydrogen-bond donors (Lipinski definition) is 2. The van der Waals surface area contributed by atoms with E-state index in [2.05, 4.69) is 0 Å². The third kappa shape index (κ3) is 7.87. The fraction of sp³-hybridized carbons (Fsp3) is 0.778. The summed E-state index contributed by atoms with van der Waals surface area (Å²) in [5.74, 6) is -3.69. The first-order chi connectivity index (χ1) is 6.09. The molecule has 0 rings (SSSR count). The minimum absolute atomic E-state index is 0. The summed E-state index contributed by atoms with van der Waals surface area (Å²) in [5, 5.41) is 17.0. The molecule has 0 aliphatic rings. The summed E-state index contributed by atoms with van der Waals surface area (Å²) >= 11 is 0. The van der Waals surface area contributed by atoms with E-state index in [0.29, 0.717) is 6.42 Å². The standard InChI is InChI=1S/C9H16O4.Ba/c1-2-3-4-5-6-7(8(10)11)9(12)13;/h7H,2-6H2,1H3,(H,10,11)(H,12,13);. The number of rotatable bonds is 7. The average molecular weight is 326 g/mol. The minimum atomic E-state index is -1.23. The maximum absolute atomic E-state index is 10.4. The Labute approximate surface area is 124 Å². The molecule has 0 heterocycles. The average Bonchev–Trinajstić information content (AvgIpc) is 2.02. The molecule has 0 bridgehead atoms. The molecule has 0 spiro atoms. The maximum atomic E-state index is 10.4. The third-order valence-electron chi connectivity index (χ3n) is 1.94. The van der Waals surface area contributed by atoms with Gasteiger partial charge in [0, 0.05) is 48.9 Å². The van der Waals surface area contributed by atoms with Crippen molar-refractivity contribution in [3.05, 3.63) is 0 Å². The molecule has 0 amide bonds. The van der Waals surface area contributed by atoms with Gasteiger partial charge in [-0.1, -0.05) is 32.6 Å². The van der Waals surface area contributed by atoms with Gasteiger partial charge in [-0.3, -0.25) is 9.59 Å². The molecule has 14 heavy (non-hydrogen) atoms. The molecular formula is C9H16BaO4. The van der Waals surface area contributed by atoms with E-state index >= 15 is 0 Å². The van der Waals surface area contributed by atoms with Crippen molar-refractivity contribution in [3.8, 4) is 0 Å². The third-order valence-corrected chi connectivity index (χ3v) is 1.94. The first-order valence-corrected chi connectivity index (χ1v) is 4.55. The van der Waals surface area contributed by atoms with Crippen molar-refractivity contribution in [1.82, 2.24) is 0 Å². The van der Waals surface area contributed by atoms with Crippen LogP contribution in [0.2, 0.25) is 0 Å². The van der Waals surface area contributed by atoms with E-state index in [1.165, 1.54) is 0 Å². The first-order valence-electron chi connectivity index (χ1n) is 4.55. The van der Waals surface area contributed by atoms with Crippen LogP contribution in [0.5, 0.6) is 0 Å². The Morgan fingerprint density at radius 3 is 1.93 bits per heavy atom. The zero-order valence-corrected chi connectivity index (χ0v) is 13.0. The Kier molecular flexibility index (Phi) is 12.1. The second kappa shape index (κ2) is 10.0. The van der Waals surface area contributed by atoms with Crippen molar-refractivity contribution in [3.63, 3.8) is 0 Å². The first kappa shape index (κ1) is 16.9. The van der Waals surface area contributed by atoms with Crippen LogP contribution in [-0.4, -0.2) is 71.0 Å². The van der Waals surface area contributed by atoms with Crippen molar-refractivity contribution >= 4 is 60.8 Å². The summed E-state index contributed by atoms with van der Waals surface area (Å²) in [4.78, 5) is 20.8. The topological polar surface area (TPSA) is 74.6 Å². The SMILES string of the molecule is CCCCCCC(C(=O)O)C(=O)O.[Ba]. The number of unbranched alkanes of at least 4 members (excludes halogenated alkanes) is 3. The van der Waals surface area contributed by atoms with Crippen LogP contribution < -0.4 is 0 Å². The summed E-state index contributed by atoms with van der Waals surface area (Å²) in [6, 6.07) is 0. The van der Waals surface area contributed by atoms with Gasteiger partial charge in [-0.05, 0) is 6.42 Å². The Hall–Kier alpha value is 0.511. The van der Waals surface area contributed by atoms with E-state index in [4.69, 9.17) is 10.2 Å². The van der Waals surface area contributed by atoms with Crippen LogP contribution in [0.15, 0.2) is 0 Å². The van der Waals surface area contributed by atoms with Gasteiger partial charge in [0.15, 0.2) is 5.92 Å². The molecule has 5 heteroatoms. The zero-order chi connectivity index (χ0) is 10.3. The van der Waals surface area contributed by atoms with Gasteiger partial charge in [0.1, 0.15) is 0 Å². The smallest absolute Gasteiger partial charge is 0.317 e. The molecule has 0 aliphatic carbocycles. The molecule has 4 nitrogen and oxygen atoms in total. The molecular weight excluding hydrogens is 309 g/mol. The second-order valence-electron chi connectivity index (χ2n) is 3.08. The Bertz CT molecular complexity index is 168. The summed E-state index contributed by atoms with van der Waals surface area (Å²) in [7, 11) is 0. The van der Waals surface area contributed by atoms with Gasteiger partial charge in [-0.15, -0.1) is 0 Å². The quantitative estimate of drug-likeness (QED) is 0.421. The molecule has 0 aromatic heterocycles. The Morgan fingerprint density at radius 1 is 1.07 bits per heavy atom. The molecule has 0 saturated carbocycles. The minimum Gasteiger partial charge on any atom is -0.481 e. The van der Waals surface area contributed by atoms with Gasteiger partial charge in [0.25, 0.3) is 0 Å². The zero-order valence-electron chi connectivity index (χ0n) is 8.53. The summed E-state index contributed by atoms with van der Waals surface area (Å²) in [5.41, 5.74) is 0. The summed E-state index contributed by atoms with van der Waals surface area (Å²) in [6.07, 6.45) is 3.92. The van der Waals surface area contributed by atoms with Gasteiger partial charge in [-0.25, -0.2) is 0 Å². The maximum Gasteiger partial charge on any atom is 0.317 e. The molecule has 0 saturated heterocycles. The van der Waals surface area contributed by atoms with Gasteiger partial charge < -0.3 is 10.2 Å². The van der Waals surface area contributed by atoms with E-state index in [9.17, 15) is 9.59 Å². The van der Waals surface area contributed by atoms with Crippen molar-refractivity contribution in [1.29, 1.82) is 0 Å². The van der Waals surface area contributed by atoms with E-state index in [1.54, 1.807) is 0 Å². The van der Waals surface area contributed by atoms with Crippen LogP contribution in [0.3, 0.4) is 0 Å². The second-order valence-corrected chi connectivity index (χ2v) is 3.08. The van der Waals surface area contributed by atoms with E-state index in [-0.39, 0.29) is 55.3 Å². The van der Waals surface area contributed by atoms with Crippen LogP contribution >= 0.6 is 0 Å². The van der Waals surface area contributed by atoms with Gasteiger partial charge in [-0.2, -0.15) is 0 Å². The van der Waals surface area contributed by atoms with Crippen LogP contribution in [0, 0.1) is 5.92 Å². The number of aliphatic carboxylic acids is 2. The van der Waals surface area contributed by atoms with Gasteiger partial charge >= 0.3 is 11.9 Å². The Morgan fingerprint density at radius 2 is 1.57 bits per heavy atom.